The van der Waals surface area contributed by atoms with E-state index in [1.54, 1.807) is 42.5 Å². The topological polar surface area (TPSA) is 70.2 Å². The van der Waals surface area contributed by atoms with Crippen LogP contribution in [0, 0.1) is 12.7 Å². The van der Waals surface area contributed by atoms with Crippen LogP contribution in [0.2, 0.25) is 0 Å². The molecule has 0 aliphatic carbocycles. The van der Waals surface area contributed by atoms with Crippen LogP contribution in [-0.2, 0) is 11.3 Å². The van der Waals surface area contributed by atoms with Crippen molar-refractivity contribution in [1.29, 1.82) is 0 Å². The highest BCUT2D eigenvalue weighted by Crippen LogP contribution is 2.12. The number of benzene rings is 3. The van der Waals surface area contributed by atoms with E-state index in [-0.39, 0.29) is 30.7 Å². The molecule has 3 aromatic carbocycles. The first-order chi connectivity index (χ1) is 14.0. The molecule has 6 heteroatoms. The summed E-state index contributed by atoms with van der Waals surface area (Å²) in [5.74, 6) is -0.811. The molecule has 3 N–H and O–H groups in total. The van der Waals surface area contributed by atoms with Gasteiger partial charge in [0.1, 0.15) is 5.82 Å². The van der Waals surface area contributed by atoms with Crippen molar-refractivity contribution in [2.75, 3.05) is 17.2 Å². The number of anilines is 2. The molecule has 3 aromatic rings. The van der Waals surface area contributed by atoms with E-state index >= 15 is 0 Å². The molecule has 148 valence electrons. The Labute approximate surface area is 169 Å². The van der Waals surface area contributed by atoms with Crippen molar-refractivity contribution in [2.45, 2.75) is 13.5 Å². The number of nitrogens with one attached hydrogen (secondary N) is 3. The van der Waals surface area contributed by atoms with Crippen molar-refractivity contribution in [1.82, 2.24) is 5.32 Å². The van der Waals surface area contributed by atoms with Gasteiger partial charge in [-0.2, -0.15) is 0 Å². The molecule has 5 nitrogen and oxygen atoms in total. The lowest BCUT2D eigenvalue weighted by atomic mass is 10.1. The smallest absolute Gasteiger partial charge is 0.251 e. The van der Waals surface area contributed by atoms with E-state index in [2.05, 4.69) is 16.0 Å². The minimum absolute atomic E-state index is 0.104. The maximum Gasteiger partial charge on any atom is 0.251 e. The number of amides is 2. The standard InChI is InChI=1S/C23H22FN3O2/c1-16-6-10-20(11-7-16)27-22(28)15-25-19-12-8-17(9-13-19)23(29)26-14-18-4-2-3-5-21(18)24/h2-13,25H,14-15H2,1H3,(H,26,29)(H,27,28). The second-order valence-electron chi connectivity index (χ2n) is 6.62. The fourth-order valence-corrected chi connectivity index (χ4v) is 2.68. The van der Waals surface area contributed by atoms with Crippen LogP contribution in [0.4, 0.5) is 15.8 Å². The molecule has 0 aliphatic rings. The summed E-state index contributed by atoms with van der Waals surface area (Å²) in [7, 11) is 0. The fourth-order valence-electron chi connectivity index (χ4n) is 2.68. The zero-order chi connectivity index (χ0) is 20.6. The normalized spacial score (nSPS) is 10.3. The molecule has 0 bridgehead atoms. The number of aryl methyl sites for hydroxylation is 1. The minimum Gasteiger partial charge on any atom is -0.376 e. The van der Waals surface area contributed by atoms with Crippen molar-refractivity contribution >= 4 is 23.2 Å². The summed E-state index contributed by atoms with van der Waals surface area (Å²) in [4.78, 5) is 24.2. The third kappa shape index (κ3) is 5.90. The third-order valence-electron chi connectivity index (χ3n) is 4.33. The van der Waals surface area contributed by atoms with Gasteiger partial charge in [-0.15, -0.1) is 0 Å². The Hall–Kier alpha value is -3.67. The molecule has 0 heterocycles. The summed E-state index contributed by atoms with van der Waals surface area (Å²) in [6.45, 7) is 2.20. The van der Waals surface area contributed by atoms with Gasteiger partial charge in [-0.25, -0.2) is 4.39 Å². The van der Waals surface area contributed by atoms with E-state index in [1.807, 2.05) is 31.2 Å². The van der Waals surface area contributed by atoms with Gasteiger partial charge in [-0.1, -0.05) is 35.9 Å². The van der Waals surface area contributed by atoms with Crippen molar-refractivity contribution in [3.8, 4) is 0 Å². The lowest BCUT2D eigenvalue weighted by Gasteiger charge is -2.09. The molecule has 29 heavy (non-hydrogen) atoms. The van der Waals surface area contributed by atoms with Crippen molar-refractivity contribution in [2.24, 2.45) is 0 Å². The summed E-state index contributed by atoms with van der Waals surface area (Å²) < 4.78 is 13.6. The molecular formula is C23H22FN3O2. The van der Waals surface area contributed by atoms with Crippen molar-refractivity contribution in [3.05, 3.63) is 95.3 Å². The predicted octanol–water partition coefficient (Wildman–Crippen LogP) is 4.11. The van der Waals surface area contributed by atoms with E-state index < -0.39 is 0 Å². The third-order valence-corrected chi connectivity index (χ3v) is 4.33. The Morgan fingerprint density at radius 1 is 0.862 bits per heavy atom. The predicted molar refractivity (Wildman–Crippen MR) is 112 cm³/mol. The molecule has 3 rings (SSSR count). The zero-order valence-corrected chi connectivity index (χ0v) is 16.0. The van der Waals surface area contributed by atoms with Gasteiger partial charge in [0.2, 0.25) is 5.91 Å². The SMILES string of the molecule is Cc1ccc(NC(=O)CNc2ccc(C(=O)NCc3ccccc3F)cc2)cc1. The summed E-state index contributed by atoms with van der Waals surface area (Å²) in [6, 6.07) is 20.6. The van der Waals surface area contributed by atoms with Crippen LogP contribution in [0.25, 0.3) is 0 Å². The molecule has 0 saturated heterocycles. The van der Waals surface area contributed by atoms with Crippen LogP contribution in [0.15, 0.2) is 72.8 Å². The maximum atomic E-state index is 13.6. The van der Waals surface area contributed by atoms with Gasteiger partial charge in [-0.3, -0.25) is 9.59 Å². The van der Waals surface area contributed by atoms with Crippen LogP contribution in [-0.4, -0.2) is 18.4 Å². The van der Waals surface area contributed by atoms with E-state index in [9.17, 15) is 14.0 Å². The van der Waals surface area contributed by atoms with Gasteiger partial charge in [0.05, 0.1) is 6.54 Å². The highest BCUT2D eigenvalue weighted by Gasteiger charge is 2.08. The molecule has 0 radical (unpaired) electrons. The Morgan fingerprint density at radius 3 is 2.21 bits per heavy atom. The number of halogens is 1. The largest absolute Gasteiger partial charge is 0.376 e. The first-order valence-electron chi connectivity index (χ1n) is 9.23. The van der Waals surface area contributed by atoms with Gasteiger partial charge in [0.25, 0.3) is 5.91 Å². The molecule has 0 aromatic heterocycles. The van der Waals surface area contributed by atoms with Crippen LogP contribution in [0.5, 0.6) is 0 Å². The second-order valence-corrected chi connectivity index (χ2v) is 6.62. The number of hydrogen-bond acceptors (Lipinski definition) is 3. The highest BCUT2D eigenvalue weighted by atomic mass is 19.1. The van der Waals surface area contributed by atoms with Gasteiger partial charge in [0.15, 0.2) is 0 Å². The summed E-state index contributed by atoms with van der Waals surface area (Å²) in [5.41, 5.74) is 3.47. The van der Waals surface area contributed by atoms with Crippen molar-refractivity contribution in [3.63, 3.8) is 0 Å². The first-order valence-corrected chi connectivity index (χ1v) is 9.23. The summed E-state index contributed by atoms with van der Waals surface area (Å²) in [5, 5.41) is 8.52. The zero-order valence-electron chi connectivity index (χ0n) is 16.0. The molecule has 0 unspecified atom stereocenters. The van der Waals surface area contributed by atoms with Gasteiger partial charge >= 0.3 is 0 Å². The number of rotatable bonds is 7. The Balaban J connectivity index is 1.48. The van der Waals surface area contributed by atoms with Crippen LogP contribution >= 0.6 is 0 Å². The molecular weight excluding hydrogens is 369 g/mol. The van der Waals surface area contributed by atoms with Gasteiger partial charge in [0, 0.05) is 29.0 Å². The average Bonchev–Trinajstić information content (AvgIpc) is 2.73. The number of hydrogen-bond donors (Lipinski definition) is 3. The molecule has 0 aliphatic heterocycles. The van der Waals surface area contributed by atoms with Gasteiger partial charge in [-0.05, 0) is 49.4 Å². The van der Waals surface area contributed by atoms with Crippen LogP contribution in [0.3, 0.4) is 0 Å². The Kier molecular flexibility index (Phi) is 6.58. The highest BCUT2D eigenvalue weighted by molar-refractivity contribution is 5.95. The first kappa shape index (κ1) is 20.1. The lowest BCUT2D eigenvalue weighted by Crippen LogP contribution is -2.23. The second kappa shape index (κ2) is 9.50. The summed E-state index contributed by atoms with van der Waals surface area (Å²) >= 11 is 0. The molecule has 0 atom stereocenters. The summed E-state index contributed by atoms with van der Waals surface area (Å²) in [6.07, 6.45) is 0. The minimum atomic E-state index is -0.351. The number of carbonyl (C=O) groups is 2. The van der Waals surface area contributed by atoms with E-state index in [1.165, 1.54) is 6.07 Å². The van der Waals surface area contributed by atoms with E-state index in [4.69, 9.17) is 0 Å². The molecule has 0 saturated carbocycles. The lowest BCUT2D eigenvalue weighted by molar-refractivity contribution is -0.114. The quantitative estimate of drug-likeness (QED) is 0.568. The Bertz CT molecular complexity index is 986. The van der Waals surface area contributed by atoms with E-state index in [0.29, 0.717) is 11.1 Å². The maximum absolute atomic E-state index is 13.6. The fraction of sp³-hybridized carbons (Fsp3) is 0.130. The van der Waals surface area contributed by atoms with Gasteiger partial charge < -0.3 is 16.0 Å². The molecule has 0 spiro atoms. The molecule has 0 fully saturated rings. The van der Waals surface area contributed by atoms with E-state index in [0.717, 1.165) is 16.9 Å². The van der Waals surface area contributed by atoms with Crippen LogP contribution < -0.4 is 16.0 Å². The van der Waals surface area contributed by atoms with Crippen LogP contribution in [0.1, 0.15) is 21.5 Å². The average molecular weight is 391 g/mol. The molecule has 2 amide bonds. The monoisotopic (exact) mass is 391 g/mol. The Morgan fingerprint density at radius 2 is 1.52 bits per heavy atom. The van der Waals surface area contributed by atoms with Crippen molar-refractivity contribution < 1.29 is 14.0 Å². The number of carbonyl (C=O) groups excluding carboxylic acids is 2.